The molecule has 37 heavy (non-hydrogen) atoms. The van der Waals surface area contributed by atoms with Crippen LogP contribution in [-0.4, -0.2) is 49.9 Å². The van der Waals surface area contributed by atoms with Crippen LogP contribution in [0.15, 0.2) is 53.4 Å². The van der Waals surface area contributed by atoms with E-state index in [0.717, 1.165) is 23.4 Å². The summed E-state index contributed by atoms with van der Waals surface area (Å²) in [6.07, 6.45) is 7.81. The number of rotatable bonds is 7. The molecule has 9 heteroatoms. The van der Waals surface area contributed by atoms with Gasteiger partial charge < -0.3 is 10.2 Å². The minimum atomic E-state index is -3.53. The first-order valence-corrected chi connectivity index (χ1v) is 15.0. The van der Waals surface area contributed by atoms with Crippen LogP contribution in [0.4, 0.5) is 17.1 Å². The predicted molar refractivity (Wildman–Crippen MR) is 144 cm³/mol. The maximum Gasteiger partial charge on any atom is 0.292 e. The summed E-state index contributed by atoms with van der Waals surface area (Å²) >= 11 is 0. The average Bonchev–Trinajstić information content (AvgIpc) is 2.88. The van der Waals surface area contributed by atoms with E-state index < -0.39 is 10.0 Å². The van der Waals surface area contributed by atoms with Gasteiger partial charge in [-0.1, -0.05) is 18.2 Å². The van der Waals surface area contributed by atoms with Crippen molar-refractivity contribution in [1.82, 2.24) is 4.31 Å². The molecule has 1 aliphatic heterocycles. The molecule has 198 valence electrons. The van der Waals surface area contributed by atoms with Crippen molar-refractivity contribution < 1.29 is 13.3 Å². The molecule has 5 aliphatic rings. The number of sulfonamides is 1. The smallest absolute Gasteiger partial charge is 0.292 e. The van der Waals surface area contributed by atoms with Crippen LogP contribution in [0.2, 0.25) is 0 Å². The number of piperazine rings is 1. The van der Waals surface area contributed by atoms with Crippen molar-refractivity contribution >= 4 is 27.1 Å². The molecule has 8 nitrogen and oxygen atoms in total. The van der Waals surface area contributed by atoms with E-state index in [-0.39, 0.29) is 22.1 Å². The van der Waals surface area contributed by atoms with E-state index in [4.69, 9.17) is 0 Å². The molecule has 0 radical (unpaired) electrons. The Labute approximate surface area is 219 Å². The minimum absolute atomic E-state index is 0.102. The Balaban J connectivity index is 1.19. The molecule has 4 saturated carbocycles. The lowest BCUT2D eigenvalue weighted by Gasteiger charge is -2.59. The van der Waals surface area contributed by atoms with Gasteiger partial charge in [0.1, 0.15) is 5.69 Å². The van der Waals surface area contributed by atoms with Gasteiger partial charge in [0.15, 0.2) is 0 Å². The summed E-state index contributed by atoms with van der Waals surface area (Å²) in [5.74, 6) is 2.46. The van der Waals surface area contributed by atoms with E-state index in [0.29, 0.717) is 36.8 Å². The molecule has 0 spiro atoms. The number of nitrogens with one attached hydrogen (secondary N) is 1. The van der Waals surface area contributed by atoms with Gasteiger partial charge >= 0.3 is 0 Å². The highest BCUT2D eigenvalue weighted by atomic mass is 32.2. The van der Waals surface area contributed by atoms with Gasteiger partial charge in [-0.25, -0.2) is 8.42 Å². The second-order valence-electron chi connectivity index (χ2n) is 11.8. The second-order valence-corrected chi connectivity index (χ2v) is 13.7. The summed E-state index contributed by atoms with van der Waals surface area (Å²) in [6.45, 7) is 4.04. The van der Waals surface area contributed by atoms with Crippen molar-refractivity contribution in [2.75, 3.05) is 36.4 Å². The SMILES string of the molecule is C[C@@H](Nc1cc(N2CCN(S(=O)(=O)c3ccccc3)CC2)ccc1[N+](=O)[O-])C12CC3CC(CC(C3)C1)C2. The Bertz CT molecular complexity index is 1240. The summed E-state index contributed by atoms with van der Waals surface area (Å²) < 4.78 is 27.5. The van der Waals surface area contributed by atoms with Gasteiger partial charge in [-0.3, -0.25) is 10.1 Å². The Kier molecular flexibility index (Phi) is 6.18. The summed E-state index contributed by atoms with van der Waals surface area (Å²) in [5.41, 5.74) is 1.80. The highest BCUT2D eigenvalue weighted by molar-refractivity contribution is 7.89. The molecule has 1 N–H and O–H groups in total. The van der Waals surface area contributed by atoms with E-state index in [2.05, 4.69) is 17.1 Å². The van der Waals surface area contributed by atoms with Gasteiger partial charge in [0.25, 0.3) is 5.69 Å². The topological polar surface area (TPSA) is 95.8 Å². The quantitative estimate of drug-likeness (QED) is 0.399. The normalized spacial score (nSPS) is 30.3. The van der Waals surface area contributed by atoms with Gasteiger partial charge in [-0.15, -0.1) is 0 Å². The molecular formula is C28H36N4O4S. The van der Waals surface area contributed by atoms with Crippen LogP contribution < -0.4 is 10.2 Å². The Hall–Kier alpha value is -2.65. The summed E-state index contributed by atoms with van der Waals surface area (Å²) in [7, 11) is -3.53. The molecule has 2 aromatic carbocycles. The van der Waals surface area contributed by atoms with E-state index in [1.807, 2.05) is 6.07 Å². The molecule has 2 aromatic rings. The zero-order valence-electron chi connectivity index (χ0n) is 21.4. The molecule has 0 aromatic heterocycles. The molecule has 7 rings (SSSR count). The Morgan fingerprint density at radius 1 is 0.946 bits per heavy atom. The number of nitrogens with zero attached hydrogens (tertiary/aromatic N) is 3. The van der Waals surface area contributed by atoms with Crippen LogP contribution in [-0.2, 0) is 10.0 Å². The lowest BCUT2D eigenvalue weighted by molar-refractivity contribution is -0.384. The lowest BCUT2D eigenvalue weighted by atomic mass is 9.48. The first kappa shape index (κ1) is 24.7. The molecule has 4 bridgehead atoms. The highest BCUT2D eigenvalue weighted by Gasteiger charge is 2.53. The van der Waals surface area contributed by atoms with Crippen molar-refractivity contribution in [2.45, 2.75) is 56.4 Å². The van der Waals surface area contributed by atoms with Crippen LogP contribution in [0.25, 0.3) is 0 Å². The third-order valence-electron chi connectivity index (χ3n) is 9.54. The molecule has 1 heterocycles. The molecule has 1 atom stereocenters. The van der Waals surface area contributed by atoms with Crippen molar-refractivity contribution in [1.29, 1.82) is 0 Å². The molecule has 5 fully saturated rings. The average molecular weight is 525 g/mol. The van der Waals surface area contributed by atoms with Gasteiger partial charge in [0, 0.05) is 44.0 Å². The van der Waals surface area contributed by atoms with Gasteiger partial charge in [0.2, 0.25) is 10.0 Å². The van der Waals surface area contributed by atoms with Crippen molar-refractivity contribution in [3.05, 3.63) is 58.6 Å². The summed E-state index contributed by atoms with van der Waals surface area (Å²) in [5, 5.41) is 15.5. The first-order valence-electron chi connectivity index (χ1n) is 13.6. The van der Waals surface area contributed by atoms with Gasteiger partial charge in [-0.2, -0.15) is 4.31 Å². The fourth-order valence-corrected chi connectivity index (χ4v) is 9.46. The number of nitro benzene ring substituents is 1. The molecule has 1 saturated heterocycles. The van der Waals surface area contributed by atoms with Crippen molar-refractivity contribution in [3.63, 3.8) is 0 Å². The zero-order valence-corrected chi connectivity index (χ0v) is 22.2. The molecule has 0 unspecified atom stereocenters. The van der Waals surface area contributed by atoms with Crippen LogP contribution >= 0.6 is 0 Å². The predicted octanol–water partition coefficient (Wildman–Crippen LogP) is 5.12. The maximum absolute atomic E-state index is 13.0. The molecule has 0 amide bonds. The van der Waals surface area contributed by atoms with Gasteiger partial charge in [0.05, 0.1) is 9.82 Å². The molecule has 4 aliphatic carbocycles. The number of hydrogen-bond donors (Lipinski definition) is 1. The zero-order chi connectivity index (χ0) is 25.8. The molecular weight excluding hydrogens is 488 g/mol. The Morgan fingerprint density at radius 3 is 2.11 bits per heavy atom. The monoisotopic (exact) mass is 524 g/mol. The maximum atomic E-state index is 13.0. The third kappa shape index (κ3) is 4.50. The summed E-state index contributed by atoms with van der Waals surface area (Å²) in [6, 6.07) is 14.0. The second kappa shape index (κ2) is 9.27. The van der Waals surface area contributed by atoms with Crippen molar-refractivity contribution in [2.24, 2.45) is 23.2 Å². The van der Waals surface area contributed by atoms with E-state index in [9.17, 15) is 18.5 Å². The highest BCUT2D eigenvalue weighted by Crippen LogP contribution is 2.61. The number of hydrogen-bond acceptors (Lipinski definition) is 6. The number of benzene rings is 2. The van der Waals surface area contributed by atoms with Crippen LogP contribution in [0, 0.1) is 33.3 Å². The number of nitro groups is 1. The minimum Gasteiger partial charge on any atom is -0.376 e. The fraction of sp³-hybridized carbons (Fsp3) is 0.571. The first-order chi connectivity index (χ1) is 17.7. The van der Waals surface area contributed by atoms with Crippen LogP contribution in [0.3, 0.4) is 0 Å². The number of anilines is 2. The summed E-state index contributed by atoms with van der Waals surface area (Å²) in [4.78, 5) is 14.0. The van der Waals surface area contributed by atoms with Crippen molar-refractivity contribution in [3.8, 4) is 0 Å². The van der Waals surface area contributed by atoms with E-state index in [1.54, 1.807) is 42.5 Å². The Morgan fingerprint density at radius 2 is 1.54 bits per heavy atom. The lowest BCUT2D eigenvalue weighted by Crippen LogP contribution is -2.53. The van der Waals surface area contributed by atoms with Crippen LogP contribution in [0.5, 0.6) is 0 Å². The standard InChI is InChI=1S/C28H36N4O4S/c1-20(28-17-21-13-22(18-28)15-23(14-21)19-28)29-26-16-24(7-8-27(26)32(33)34)30-9-11-31(12-10-30)37(35,36)25-5-3-2-4-6-25/h2-8,16,20-23,29H,9-15,17-19H2,1H3/t20-,21?,22?,23?,28?/m1/s1. The third-order valence-corrected chi connectivity index (χ3v) is 11.5. The largest absolute Gasteiger partial charge is 0.376 e. The van der Waals surface area contributed by atoms with E-state index in [1.165, 1.54) is 42.8 Å². The van der Waals surface area contributed by atoms with Crippen LogP contribution in [0.1, 0.15) is 45.4 Å². The van der Waals surface area contributed by atoms with E-state index >= 15 is 0 Å². The fourth-order valence-electron chi connectivity index (χ4n) is 8.02. The van der Waals surface area contributed by atoms with Gasteiger partial charge in [-0.05, 0) is 92.9 Å².